The third-order valence-electron chi connectivity index (χ3n) is 5.71. The molecular formula is C24H27FN4O2. The highest BCUT2D eigenvalue weighted by Crippen LogP contribution is 2.26. The van der Waals surface area contributed by atoms with E-state index in [1.165, 1.54) is 17.2 Å². The Labute approximate surface area is 181 Å². The number of piperidine rings is 1. The van der Waals surface area contributed by atoms with Crippen LogP contribution in [0.1, 0.15) is 41.4 Å². The Bertz CT molecular complexity index is 1010. The van der Waals surface area contributed by atoms with Gasteiger partial charge in [0.25, 0.3) is 5.91 Å². The molecule has 1 aliphatic heterocycles. The van der Waals surface area contributed by atoms with Gasteiger partial charge in [0.05, 0.1) is 13.2 Å². The first-order valence-corrected chi connectivity index (χ1v) is 10.6. The van der Waals surface area contributed by atoms with E-state index in [2.05, 4.69) is 27.4 Å². The topological polar surface area (TPSA) is 59.4 Å². The molecule has 7 heteroatoms. The van der Waals surface area contributed by atoms with Crippen molar-refractivity contribution >= 4 is 5.91 Å². The summed E-state index contributed by atoms with van der Waals surface area (Å²) in [4.78, 5) is 15.2. The van der Waals surface area contributed by atoms with Crippen LogP contribution in [-0.2, 0) is 0 Å². The second kappa shape index (κ2) is 9.75. The summed E-state index contributed by atoms with van der Waals surface area (Å²) in [7, 11) is 1.65. The Balaban J connectivity index is 1.47. The van der Waals surface area contributed by atoms with Crippen LogP contribution in [0.3, 0.4) is 0 Å². The Morgan fingerprint density at radius 1 is 1.10 bits per heavy atom. The smallest absolute Gasteiger partial charge is 0.271 e. The highest BCUT2D eigenvalue weighted by atomic mass is 19.1. The normalized spacial score (nSPS) is 15.4. The van der Waals surface area contributed by atoms with Crippen molar-refractivity contribution in [3.63, 3.8) is 0 Å². The van der Waals surface area contributed by atoms with Crippen molar-refractivity contribution in [1.82, 2.24) is 20.0 Å². The summed E-state index contributed by atoms with van der Waals surface area (Å²) in [6, 6.07) is 16.0. The van der Waals surface area contributed by atoms with E-state index in [1.807, 2.05) is 12.1 Å². The van der Waals surface area contributed by atoms with Crippen LogP contribution in [0.5, 0.6) is 5.75 Å². The lowest BCUT2D eigenvalue weighted by Gasteiger charge is -2.35. The zero-order valence-corrected chi connectivity index (χ0v) is 17.6. The number of aromatic nitrogens is 2. The maximum absolute atomic E-state index is 14.0. The van der Waals surface area contributed by atoms with Crippen LogP contribution in [0.25, 0.3) is 5.69 Å². The SMILES string of the molecule is COc1ccc(C(CNC(=O)c2ccn(-c3ccccc3F)n2)N2CCCCC2)cc1. The number of nitrogens with one attached hydrogen (secondary N) is 1. The number of methoxy groups -OCH3 is 1. The molecule has 1 amide bonds. The molecule has 3 aromatic rings. The molecule has 1 N–H and O–H groups in total. The molecule has 0 aliphatic carbocycles. The Hall–Kier alpha value is -3.19. The van der Waals surface area contributed by atoms with Gasteiger partial charge < -0.3 is 10.1 Å². The molecule has 1 atom stereocenters. The average Bonchev–Trinajstić information content (AvgIpc) is 3.31. The Morgan fingerprint density at radius 3 is 2.55 bits per heavy atom. The van der Waals surface area contributed by atoms with Crippen molar-refractivity contribution < 1.29 is 13.9 Å². The number of benzene rings is 2. The number of rotatable bonds is 7. The third kappa shape index (κ3) is 4.94. The minimum absolute atomic E-state index is 0.0730. The molecule has 31 heavy (non-hydrogen) atoms. The van der Waals surface area contributed by atoms with E-state index in [9.17, 15) is 9.18 Å². The number of ether oxygens (including phenoxy) is 1. The molecule has 1 aromatic heterocycles. The third-order valence-corrected chi connectivity index (χ3v) is 5.71. The standard InChI is InChI=1S/C24H27FN4O2/c1-31-19-11-9-18(10-12-19)23(28-14-5-2-6-15-28)17-26-24(30)21-13-16-29(27-21)22-8-4-3-7-20(22)25/h3-4,7-13,16,23H,2,5-6,14-15,17H2,1H3,(H,26,30). The molecular weight excluding hydrogens is 395 g/mol. The number of nitrogens with zero attached hydrogens (tertiary/aromatic N) is 3. The number of likely N-dealkylation sites (tertiary alicyclic amines) is 1. The number of para-hydroxylation sites is 1. The van der Waals surface area contributed by atoms with Crippen molar-refractivity contribution in [1.29, 1.82) is 0 Å². The maximum Gasteiger partial charge on any atom is 0.271 e. The van der Waals surface area contributed by atoms with Gasteiger partial charge in [0.2, 0.25) is 0 Å². The molecule has 1 unspecified atom stereocenters. The number of halogens is 1. The van der Waals surface area contributed by atoms with Crippen molar-refractivity contribution in [2.75, 3.05) is 26.7 Å². The second-order valence-electron chi connectivity index (χ2n) is 7.69. The zero-order chi connectivity index (χ0) is 21.6. The van der Waals surface area contributed by atoms with Gasteiger partial charge in [0, 0.05) is 12.7 Å². The van der Waals surface area contributed by atoms with Gasteiger partial charge >= 0.3 is 0 Å². The summed E-state index contributed by atoms with van der Waals surface area (Å²) in [5.74, 6) is 0.150. The van der Waals surface area contributed by atoms with Gasteiger partial charge in [-0.1, -0.05) is 30.7 Å². The first kappa shape index (κ1) is 21.1. The lowest BCUT2D eigenvalue weighted by molar-refractivity contribution is 0.0919. The van der Waals surface area contributed by atoms with Gasteiger partial charge in [-0.2, -0.15) is 5.10 Å². The average molecular weight is 423 g/mol. The fourth-order valence-corrected chi connectivity index (χ4v) is 4.01. The Morgan fingerprint density at radius 2 is 1.84 bits per heavy atom. The number of amides is 1. The van der Waals surface area contributed by atoms with E-state index < -0.39 is 0 Å². The second-order valence-corrected chi connectivity index (χ2v) is 7.69. The van der Waals surface area contributed by atoms with Gasteiger partial charge in [-0.15, -0.1) is 0 Å². The molecule has 0 bridgehead atoms. The van der Waals surface area contributed by atoms with Crippen LogP contribution < -0.4 is 10.1 Å². The fraction of sp³-hybridized carbons (Fsp3) is 0.333. The van der Waals surface area contributed by atoms with Gasteiger partial charge in [-0.05, 0) is 61.8 Å². The molecule has 2 aromatic carbocycles. The summed E-state index contributed by atoms with van der Waals surface area (Å²) in [6.07, 6.45) is 5.16. The number of hydrogen-bond acceptors (Lipinski definition) is 4. The maximum atomic E-state index is 14.0. The largest absolute Gasteiger partial charge is 0.497 e. The highest BCUT2D eigenvalue weighted by Gasteiger charge is 2.23. The van der Waals surface area contributed by atoms with Gasteiger partial charge in [0.15, 0.2) is 5.69 Å². The van der Waals surface area contributed by atoms with Crippen LogP contribution in [0.15, 0.2) is 60.8 Å². The molecule has 0 spiro atoms. The summed E-state index contributed by atoms with van der Waals surface area (Å²) in [6.45, 7) is 2.49. The minimum Gasteiger partial charge on any atom is -0.497 e. The Kier molecular flexibility index (Phi) is 6.62. The van der Waals surface area contributed by atoms with Crippen molar-refractivity contribution in [2.24, 2.45) is 0 Å². The van der Waals surface area contributed by atoms with Gasteiger partial charge in [-0.25, -0.2) is 9.07 Å². The summed E-state index contributed by atoms with van der Waals surface area (Å²) < 4.78 is 20.7. The van der Waals surface area contributed by atoms with Crippen LogP contribution in [0, 0.1) is 5.82 Å². The molecule has 4 rings (SSSR count). The number of carbonyl (C=O) groups excluding carboxylic acids is 1. The number of carbonyl (C=O) groups is 1. The van der Waals surface area contributed by atoms with Gasteiger partial charge in [0.1, 0.15) is 17.3 Å². The predicted molar refractivity (Wildman–Crippen MR) is 117 cm³/mol. The molecule has 162 valence electrons. The van der Waals surface area contributed by atoms with E-state index in [-0.39, 0.29) is 23.5 Å². The molecule has 1 aliphatic rings. The fourth-order valence-electron chi connectivity index (χ4n) is 4.01. The van der Waals surface area contributed by atoms with Gasteiger partial charge in [-0.3, -0.25) is 9.69 Å². The van der Waals surface area contributed by atoms with E-state index >= 15 is 0 Å². The molecule has 1 saturated heterocycles. The summed E-state index contributed by atoms with van der Waals surface area (Å²) in [5, 5.41) is 7.28. The minimum atomic E-state index is -0.387. The highest BCUT2D eigenvalue weighted by molar-refractivity contribution is 5.92. The van der Waals surface area contributed by atoms with Crippen LogP contribution >= 0.6 is 0 Å². The molecule has 6 nitrogen and oxygen atoms in total. The zero-order valence-electron chi connectivity index (χ0n) is 17.6. The van der Waals surface area contributed by atoms with Crippen LogP contribution in [0.4, 0.5) is 4.39 Å². The van der Waals surface area contributed by atoms with Crippen LogP contribution in [0.2, 0.25) is 0 Å². The summed E-state index contributed by atoms with van der Waals surface area (Å²) in [5.41, 5.74) is 1.71. The molecule has 1 fully saturated rings. The monoisotopic (exact) mass is 422 g/mol. The first-order valence-electron chi connectivity index (χ1n) is 10.6. The van der Waals surface area contributed by atoms with E-state index in [0.717, 1.165) is 37.2 Å². The predicted octanol–water partition coefficient (Wildman–Crippen LogP) is 3.98. The van der Waals surface area contributed by atoms with E-state index in [0.29, 0.717) is 12.2 Å². The summed E-state index contributed by atoms with van der Waals surface area (Å²) >= 11 is 0. The van der Waals surface area contributed by atoms with Crippen molar-refractivity contribution in [2.45, 2.75) is 25.3 Å². The van der Waals surface area contributed by atoms with E-state index in [1.54, 1.807) is 37.6 Å². The number of hydrogen-bond donors (Lipinski definition) is 1. The molecule has 0 radical (unpaired) electrons. The lowest BCUT2D eigenvalue weighted by Crippen LogP contribution is -2.40. The quantitative estimate of drug-likeness (QED) is 0.626. The van der Waals surface area contributed by atoms with E-state index in [4.69, 9.17) is 4.74 Å². The van der Waals surface area contributed by atoms with Crippen molar-refractivity contribution in [3.05, 3.63) is 77.9 Å². The van der Waals surface area contributed by atoms with Crippen LogP contribution in [-0.4, -0.2) is 47.3 Å². The van der Waals surface area contributed by atoms with Crippen molar-refractivity contribution in [3.8, 4) is 11.4 Å². The lowest BCUT2D eigenvalue weighted by atomic mass is 10.0. The first-order chi connectivity index (χ1) is 15.2. The molecule has 2 heterocycles. The molecule has 0 saturated carbocycles.